The number of hydrogen-bond acceptors (Lipinski definition) is 7. The highest BCUT2D eigenvalue weighted by Gasteiger charge is 2.16. The quantitative estimate of drug-likeness (QED) is 0.297. The summed E-state index contributed by atoms with van der Waals surface area (Å²) in [7, 11) is -3.63. The summed E-state index contributed by atoms with van der Waals surface area (Å²) in [4.78, 5) is 6.25. The van der Waals surface area contributed by atoms with Gasteiger partial charge in [-0.1, -0.05) is 6.07 Å². The van der Waals surface area contributed by atoms with Gasteiger partial charge in [0.25, 0.3) is 0 Å². The number of anilines is 1. The van der Waals surface area contributed by atoms with Gasteiger partial charge in [-0.2, -0.15) is 10.2 Å². The van der Waals surface area contributed by atoms with Gasteiger partial charge >= 0.3 is 0 Å². The van der Waals surface area contributed by atoms with Crippen LogP contribution < -0.4 is 4.72 Å². The highest BCUT2D eigenvalue weighted by Crippen LogP contribution is 2.34. The number of morpholine rings is 1. The minimum absolute atomic E-state index is 0.103. The van der Waals surface area contributed by atoms with Crippen LogP contribution in [0.4, 0.5) is 14.5 Å². The van der Waals surface area contributed by atoms with Crippen LogP contribution in [-0.4, -0.2) is 76.8 Å². The predicted octanol–water partition coefficient (Wildman–Crippen LogP) is 3.91. The van der Waals surface area contributed by atoms with Crippen LogP contribution in [0.15, 0.2) is 67.4 Å². The average molecular weight is 580 g/mol. The molecule has 0 radical (unpaired) electrons. The Hall–Kier alpha value is -4.20. The van der Waals surface area contributed by atoms with Gasteiger partial charge in [0.05, 0.1) is 50.1 Å². The molecule has 1 aromatic carbocycles. The van der Waals surface area contributed by atoms with E-state index >= 15 is 0 Å². The fraction of sp³-hybridized carbons (Fsp3) is 0.250. The van der Waals surface area contributed by atoms with E-state index in [0.717, 1.165) is 74.6 Å². The first-order chi connectivity index (χ1) is 19.7. The summed E-state index contributed by atoms with van der Waals surface area (Å²) in [5, 5.41) is 9.03. The maximum atomic E-state index is 14.6. The van der Waals surface area contributed by atoms with Crippen molar-refractivity contribution in [2.24, 2.45) is 0 Å². The zero-order chi connectivity index (χ0) is 28.6. The smallest absolute Gasteiger partial charge is 0.229 e. The standard InChI is InChI=1S/C28H27F2N7O3S/c1-41(38,39)34-24-11-20(10-21(12-24)28-26(30)13-23(29)15-31-28)25-16-33-37-18-19(2-3-27(25)37)22-14-32-36(17-22)5-4-35-6-8-40-9-7-35/h2-3,10-18,34H,4-9H2,1H3. The Kier molecular flexibility index (Phi) is 7.24. The van der Waals surface area contributed by atoms with Gasteiger partial charge in [0.2, 0.25) is 10.0 Å². The molecule has 1 N–H and O–H groups in total. The second-order valence-electron chi connectivity index (χ2n) is 9.91. The van der Waals surface area contributed by atoms with E-state index < -0.39 is 21.7 Å². The molecule has 1 fully saturated rings. The van der Waals surface area contributed by atoms with Crippen molar-refractivity contribution in [3.63, 3.8) is 0 Å². The van der Waals surface area contributed by atoms with Gasteiger partial charge in [0.1, 0.15) is 11.5 Å². The first kappa shape index (κ1) is 27.0. The normalized spacial score (nSPS) is 14.5. The summed E-state index contributed by atoms with van der Waals surface area (Å²) in [6, 6.07) is 9.37. The van der Waals surface area contributed by atoms with Gasteiger partial charge < -0.3 is 4.74 Å². The summed E-state index contributed by atoms with van der Waals surface area (Å²) < 4.78 is 63.6. The number of fused-ring (bicyclic) bond motifs is 1. The molecule has 4 aromatic heterocycles. The summed E-state index contributed by atoms with van der Waals surface area (Å²) in [6.45, 7) is 5.05. The number of ether oxygens (including phenoxy) is 1. The molecule has 0 unspecified atom stereocenters. The van der Waals surface area contributed by atoms with Crippen LogP contribution in [0.1, 0.15) is 0 Å². The van der Waals surface area contributed by atoms with Gasteiger partial charge in [-0.15, -0.1) is 0 Å². The molecule has 212 valence electrons. The van der Waals surface area contributed by atoms with E-state index in [-0.39, 0.29) is 16.9 Å². The molecule has 13 heteroatoms. The molecule has 0 amide bonds. The van der Waals surface area contributed by atoms with Crippen molar-refractivity contribution < 1.29 is 21.9 Å². The number of nitrogens with one attached hydrogen (secondary N) is 1. The van der Waals surface area contributed by atoms with Crippen LogP contribution in [0.3, 0.4) is 0 Å². The maximum absolute atomic E-state index is 14.6. The maximum Gasteiger partial charge on any atom is 0.229 e. The molecule has 6 rings (SSSR count). The molecule has 1 saturated heterocycles. The Bertz CT molecular complexity index is 1830. The number of aromatic nitrogens is 5. The summed E-state index contributed by atoms with van der Waals surface area (Å²) in [5.74, 6) is -1.67. The number of rotatable bonds is 8. The fourth-order valence-electron chi connectivity index (χ4n) is 4.90. The lowest BCUT2D eigenvalue weighted by Gasteiger charge is -2.26. The fourth-order valence-corrected chi connectivity index (χ4v) is 5.45. The van der Waals surface area contributed by atoms with Crippen molar-refractivity contribution in [2.75, 3.05) is 43.8 Å². The number of halogens is 2. The molecule has 0 atom stereocenters. The highest BCUT2D eigenvalue weighted by atomic mass is 32.2. The Labute approximate surface area is 235 Å². The minimum Gasteiger partial charge on any atom is -0.379 e. The molecule has 5 aromatic rings. The van der Waals surface area contributed by atoms with E-state index in [2.05, 4.69) is 24.8 Å². The zero-order valence-corrected chi connectivity index (χ0v) is 23.0. The van der Waals surface area contributed by atoms with Crippen molar-refractivity contribution in [3.05, 3.63) is 79.0 Å². The van der Waals surface area contributed by atoms with E-state index in [1.54, 1.807) is 22.8 Å². The molecule has 1 aliphatic rings. The van der Waals surface area contributed by atoms with Crippen LogP contribution in [0.2, 0.25) is 0 Å². The molecule has 0 saturated carbocycles. The van der Waals surface area contributed by atoms with E-state index in [4.69, 9.17) is 4.74 Å². The Morgan fingerprint density at radius 2 is 1.71 bits per heavy atom. The molecule has 0 spiro atoms. The first-order valence-electron chi connectivity index (χ1n) is 13.0. The molecule has 41 heavy (non-hydrogen) atoms. The van der Waals surface area contributed by atoms with Gasteiger partial charge in [-0.25, -0.2) is 21.7 Å². The van der Waals surface area contributed by atoms with Crippen LogP contribution in [0.5, 0.6) is 0 Å². The largest absolute Gasteiger partial charge is 0.379 e. The Morgan fingerprint density at radius 1 is 0.902 bits per heavy atom. The number of sulfonamides is 1. The number of nitrogens with zero attached hydrogens (tertiary/aromatic N) is 6. The molecular formula is C28H27F2N7O3S. The summed E-state index contributed by atoms with van der Waals surface area (Å²) in [6.07, 6.45) is 9.31. The van der Waals surface area contributed by atoms with Gasteiger partial charge in [-0.05, 0) is 29.8 Å². The topological polar surface area (TPSA) is 107 Å². The van der Waals surface area contributed by atoms with Crippen molar-refractivity contribution in [3.8, 4) is 33.5 Å². The third-order valence-corrected chi connectivity index (χ3v) is 7.47. The zero-order valence-electron chi connectivity index (χ0n) is 22.2. The third-order valence-electron chi connectivity index (χ3n) is 6.86. The third kappa shape index (κ3) is 6.11. The summed E-state index contributed by atoms with van der Waals surface area (Å²) in [5.41, 5.74) is 4.30. The summed E-state index contributed by atoms with van der Waals surface area (Å²) >= 11 is 0. The lowest BCUT2D eigenvalue weighted by atomic mass is 10.0. The molecular weight excluding hydrogens is 552 g/mol. The predicted molar refractivity (Wildman–Crippen MR) is 151 cm³/mol. The van der Waals surface area contributed by atoms with Crippen molar-refractivity contribution in [2.45, 2.75) is 6.54 Å². The van der Waals surface area contributed by atoms with Crippen LogP contribution in [-0.2, 0) is 21.3 Å². The number of benzene rings is 1. The highest BCUT2D eigenvalue weighted by molar-refractivity contribution is 7.92. The molecule has 0 aliphatic carbocycles. The van der Waals surface area contributed by atoms with E-state index in [9.17, 15) is 17.2 Å². The van der Waals surface area contributed by atoms with Gasteiger partial charge in [0, 0.05) is 66.0 Å². The monoisotopic (exact) mass is 579 g/mol. The van der Waals surface area contributed by atoms with E-state index in [1.807, 2.05) is 35.4 Å². The Balaban J connectivity index is 1.31. The van der Waals surface area contributed by atoms with Crippen molar-refractivity contribution in [1.29, 1.82) is 0 Å². The van der Waals surface area contributed by atoms with Crippen LogP contribution in [0, 0.1) is 11.6 Å². The average Bonchev–Trinajstić information content (AvgIpc) is 3.58. The van der Waals surface area contributed by atoms with Crippen molar-refractivity contribution >= 4 is 21.2 Å². The lowest BCUT2D eigenvalue weighted by molar-refractivity contribution is 0.0360. The second-order valence-corrected chi connectivity index (χ2v) is 11.7. The van der Waals surface area contributed by atoms with Crippen molar-refractivity contribution in [1.82, 2.24) is 29.3 Å². The minimum atomic E-state index is -3.63. The Morgan fingerprint density at radius 3 is 2.49 bits per heavy atom. The molecule has 10 nitrogen and oxygen atoms in total. The molecule has 5 heterocycles. The van der Waals surface area contributed by atoms with E-state index in [0.29, 0.717) is 11.1 Å². The van der Waals surface area contributed by atoms with E-state index in [1.165, 1.54) is 6.07 Å². The molecule has 0 bridgehead atoms. The van der Waals surface area contributed by atoms with Gasteiger partial charge in [0.15, 0.2) is 5.82 Å². The number of pyridine rings is 2. The molecule has 1 aliphatic heterocycles. The lowest BCUT2D eigenvalue weighted by Crippen LogP contribution is -2.38. The van der Waals surface area contributed by atoms with Gasteiger partial charge in [-0.3, -0.25) is 19.3 Å². The SMILES string of the molecule is CS(=O)(=O)Nc1cc(-c2ncc(F)cc2F)cc(-c2cnn3cc(-c4cnn(CCN5CCOCC5)c4)ccc23)c1. The second kappa shape index (κ2) is 11.0. The number of hydrogen-bond donors (Lipinski definition) is 1. The van der Waals surface area contributed by atoms with Crippen LogP contribution in [0.25, 0.3) is 39.0 Å². The van der Waals surface area contributed by atoms with Crippen LogP contribution >= 0.6 is 0 Å². The first-order valence-corrected chi connectivity index (χ1v) is 14.9.